The second kappa shape index (κ2) is 8.37. The molecule has 0 saturated heterocycles. The summed E-state index contributed by atoms with van der Waals surface area (Å²) in [6, 6.07) is 10.9. The summed E-state index contributed by atoms with van der Waals surface area (Å²) in [5.41, 5.74) is 0.0236. The standard InChI is InChI=1S/C18H17F3N2O3/c1-26-15-4-2-3-12(9-15)10-22-16(24)11-23-17(25)13-5-7-14(8-6-13)18(19,20)21/h2-9H,10-11H2,1H3,(H,22,24)(H,23,25). The van der Waals surface area contributed by atoms with Crippen LogP contribution in [0.5, 0.6) is 5.75 Å². The maximum absolute atomic E-state index is 12.5. The predicted octanol–water partition coefficient (Wildman–Crippen LogP) is 2.76. The minimum atomic E-state index is -4.46. The third kappa shape index (κ3) is 5.51. The van der Waals surface area contributed by atoms with E-state index in [1.807, 2.05) is 6.07 Å². The molecule has 138 valence electrons. The van der Waals surface area contributed by atoms with Crippen molar-refractivity contribution < 1.29 is 27.5 Å². The van der Waals surface area contributed by atoms with E-state index >= 15 is 0 Å². The average molecular weight is 366 g/mol. The van der Waals surface area contributed by atoms with Gasteiger partial charge in [0.15, 0.2) is 0 Å². The van der Waals surface area contributed by atoms with Gasteiger partial charge >= 0.3 is 6.18 Å². The van der Waals surface area contributed by atoms with Gasteiger partial charge in [0.05, 0.1) is 19.2 Å². The van der Waals surface area contributed by atoms with Crippen molar-refractivity contribution in [3.05, 3.63) is 65.2 Å². The fraction of sp³-hybridized carbons (Fsp3) is 0.222. The van der Waals surface area contributed by atoms with Crippen molar-refractivity contribution in [1.29, 1.82) is 0 Å². The molecule has 0 aliphatic carbocycles. The van der Waals surface area contributed by atoms with Crippen molar-refractivity contribution in [2.24, 2.45) is 0 Å². The number of alkyl halides is 3. The molecular formula is C18H17F3N2O3. The Kier molecular flexibility index (Phi) is 6.21. The van der Waals surface area contributed by atoms with E-state index in [4.69, 9.17) is 4.74 Å². The number of hydrogen-bond donors (Lipinski definition) is 2. The molecule has 5 nitrogen and oxygen atoms in total. The van der Waals surface area contributed by atoms with Crippen LogP contribution in [0.1, 0.15) is 21.5 Å². The van der Waals surface area contributed by atoms with E-state index in [2.05, 4.69) is 10.6 Å². The van der Waals surface area contributed by atoms with Crippen molar-refractivity contribution in [1.82, 2.24) is 10.6 Å². The maximum Gasteiger partial charge on any atom is 0.416 e. The lowest BCUT2D eigenvalue weighted by atomic mass is 10.1. The van der Waals surface area contributed by atoms with Gasteiger partial charge in [0.2, 0.25) is 5.91 Å². The molecule has 0 radical (unpaired) electrons. The number of methoxy groups -OCH3 is 1. The number of carbonyl (C=O) groups is 2. The summed E-state index contributed by atoms with van der Waals surface area (Å²) in [6.07, 6.45) is -4.46. The first kappa shape index (κ1) is 19.3. The molecule has 2 aromatic carbocycles. The lowest BCUT2D eigenvalue weighted by Gasteiger charge is -2.09. The summed E-state index contributed by atoms with van der Waals surface area (Å²) in [7, 11) is 1.54. The molecular weight excluding hydrogens is 349 g/mol. The highest BCUT2D eigenvalue weighted by Gasteiger charge is 2.30. The second-order valence-electron chi connectivity index (χ2n) is 5.39. The van der Waals surface area contributed by atoms with Crippen LogP contribution in [-0.2, 0) is 17.5 Å². The number of benzene rings is 2. The molecule has 0 saturated carbocycles. The molecule has 0 spiro atoms. The lowest BCUT2D eigenvalue weighted by molar-refractivity contribution is -0.137. The van der Waals surface area contributed by atoms with Gasteiger partial charge in [0.1, 0.15) is 5.75 Å². The molecule has 0 heterocycles. The van der Waals surface area contributed by atoms with Gasteiger partial charge in [-0.25, -0.2) is 0 Å². The van der Waals surface area contributed by atoms with Crippen LogP contribution >= 0.6 is 0 Å². The predicted molar refractivity (Wildman–Crippen MR) is 88.6 cm³/mol. The van der Waals surface area contributed by atoms with Crippen LogP contribution in [0.15, 0.2) is 48.5 Å². The monoisotopic (exact) mass is 366 g/mol. The summed E-state index contributed by atoms with van der Waals surface area (Å²) in [6.45, 7) is -0.0317. The first-order chi connectivity index (χ1) is 12.3. The van der Waals surface area contributed by atoms with Crippen LogP contribution in [0.25, 0.3) is 0 Å². The lowest BCUT2D eigenvalue weighted by Crippen LogP contribution is -2.36. The van der Waals surface area contributed by atoms with E-state index < -0.39 is 23.6 Å². The van der Waals surface area contributed by atoms with Crippen LogP contribution in [-0.4, -0.2) is 25.5 Å². The molecule has 0 fully saturated rings. The highest BCUT2D eigenvalue weighted by atomic mass is 19.4. The van der Waals surface area contributed by atoms with Gasteiger partial charge in [0, 0.05) is 12.1 Å². The Morgan fingerprint density at radius 3 is 2.35 bits per heavy atom. The van der Waals surface area contributed by atoms with E-state index in [0.717, 1.165) is 29.8 Å². The number of halogens is 3. The zero-order valence-corrected chi connectivity index (χ0v) is 13.9. The molecule has 0 atom stereocenters. The third-order valence-corrected chi connectivity index (χ3v) is 3.51. The van der Waals surface area contributed by atoms with E-state index in [1.54, 1.807) is 18.2 Å². The highest BCUT2D eigenvalue weighted by Crippen LogP contribution is 2.29. The van der Waals surface area contributed by atoms with Crippen LogP contribution in [0.3, 0.4) is 0 Å². The summed E-state index contributed by atoms with van der Waals surface area (Å²) >= 11 is 0. The Balaban J connectivity index is 1.82. The van der Waals surface area contributed by atoms with Crippen LogP contribution in [0.4, 0.5) is 13.2 Å². The van der Waals surface area contributed by atoms with Gasteiger partial charge in [-0.05, 0) is 42.0 Å². The quantitative estimate of drug-likeness (QED) is 0.826. The molecule has 0 aromatic heterocycles. The molecule has 2 amide bonds. The number of amides is 2. The van der Waals surface area contributed by atoms with Gasteiger partial charge in [-0.2, -0.15) is 13.2 Å². The van der Waals surface area contributed by atoms with E-state index in [1.165, 1.54) is 7.11 Å². The van der Waals surface area contributed by atoms with E-state index in [9.17, 15) is 22.8 Å². The maximum atomic E-state index is 12.5. The van der Waals surface area contributed by atoms with E-state index in [0.29, 0.717) is 5.75 Å². The van der Waals surface area contributed by atoms with Crippen molar-refractivity contribution in [2.75, 3.05) is 13.7 Å². The molecule has 0 unspecified atom stereocenters. The molecule has 2 aromatic rings. The minimum absolute atomic E-state index is 0.0404. The average Bonchev–Trinajstić information content (AvgIpc) is 2.64. The fourth-order valence-corrected chi connectivity index (χ4v) is 2.12. The first-order valence-electron chi connectivity index (χ1n) is 7.64. The SMILES string of the molecule is COc1cccc(CNC(=O)CNC(=O)c2ccc(C(F)(F)F)cc2)c1. The van der Waals surface area contributed by atoms with Gasteiger partial charge in [0.25, 0.3) is 5.91 Å². The summed E-state index contributed by atoms with van der Waals surface area (Å²) < 4.78 is 42.5. The van der Waals surface area contributed by atoms with Crippen molar-refractivity contribution >= 4 is 11.8 Å². The van der Waals surface area contributed by atoms with Gasteiger partial charge in [-0.3, -0.25) is 9.59 Å². The third-order valence-electron chi connectivity index (χ3n) is 3.51. The van der Waals surface area contributed by atoms with Crippen molar-refractivity contribution in [2.45, 2.75) is 12.7 Å². The Bertz CT molecular complexity index is 774. The second-order valence-corrected chi connectivity index (χ2v) is 5.39. The van der Waals surface area contributed by atoms with E-state index in [-0.39, 0.29) is 18.7 Å². The smallest absolute Gasteiger partial charge is 0.416 e. The zero-order chi connectivity index (χ0) is 19.2. The number of ether oxygens (including phenoxy) is 1. The topological polar surface area (TPSA) is 67.4 Å². The van der Waals surface area contributed by atoms with Gasteiger partial charge in [-0.15, -0.1) is 0 Å². The molecule has 0 aliphatic heterocycles. The first-order valence-corrected chi connectivity index (χ1v) is 7.64. The fourth-order valence-electron chi connectivity index (χ4n) is 2.12. The Labute approximate surface area is 148 Å². The highest BCUT2D eigenvalue weighted by molar-refractivity contribution is 5.96. The zero-order valence-electron chi connectivity index (χ0n) is 13.9. The summed E-state index contributed by atoms with van der Waals surface area (Å²) in [5, 5.41) is 4.99. The normalized spacial score (nSPS) is 10.9. The molecule has 0 bridgehead atoms. The Morgan fingerprint density at radius 2 is 1.73 bits per heavy atom. The van der Waals surface area contributed by atoms with Crippen molar-refractivity contribution in [3.8, 4) is 5.75 Å². The number of carbonyl (C=O) groups excluding carboxylic acids is 2. The van der Waals surface area contributed by atoms with Crippen molar-refractivity contribution in [3.63, 3.8) is 0 Å². The molecule has 2 N–H and O–H groups in total. The number of rotatable bonds is 6. The Hall–Kier alpha value is -3.03. The molecule has 8 heteroatoms. The van der Waals surface area contributed by atoms with Crippen LogP contribution in [0.2, 0.25) is 0 Å². The summed E-state index contributed by atoms with van der Waals surface area (Å²) in [4.78, 5) is 23.7. The minimum Gasteiger partial charge on any atom is -0.497 e. The van der Waals surface area contributed by atoms with Gasteiger partial charge < -0.3 is 15.4 Å². The summed E-state index contributed by atoms with van der Waals surface area (Å²) in [5.74, 6) is -0.393. The van der Waals surface area contributed by atoms with Gasteiger partial charge in [-0.1, -0.05) is 12.1 Å². The molecule has 0 aliphatic rings. The molecule has 2 rings (SSSR count). The Morgan fingerprint density at radius 1 is 1.04 bits per heavy atom. The van der Waals surface area contributed by atoms with Crippen LogP contribution in [0, 0.1) is 0 Å². The van der Waals surface area contributed by atoms with Crippen LogP contribution < -0.4 is 15.4 Å². The largest absolute Gasteiger partial charge is 0.497 e. The number of nitrogens with one attached hydrogen (secondary N) is 2. The molecule has 26 heavy (non-hydrogen) atoms. The number of hydrogen-bond acceptors (Lipinski definition) is 3.